The molecule has 0 amide bonds. The Hall–Kier alpha value is 0.0394. The molecule has 0 aromatic rings. The Morgan fingerprint density at radius 3 is 2.20 bits per heavy atom. The third-order valence-electron chi connectivity index (χ3n) is 5.66. The molecular weight excluding hydrogens is 360 g/mol. The van der Waals surface area contributed by atoms with Crippen molar-refractivity contribution in [2.75, 3.05) is 0 Å². The van der Waals surface area contributed by atoms with Crippen molar-refractivity contribution in [3.05, 3.63) is 22.8 Å². The molecule has 1 heteroatoms. The first-order valence-corrected chi connectivity index (χ1v) is 5.71. The summed E-state index contributed by atoms with van der Waals surface area (Å²) in [5.74, 6) is 1.70. The molecule has 1 unspecified atom stereocenters. The van der Waals surface area contributed by atoms with Crippen LogP contribution in [0.4, 0.5) is 0 Å². The van der Waals surface area contributed by atoms with Gasteiger partial charge >= 0.3 is 0 Å². The van der Waals surface area contributed by atoms with Crippen LogP contribution in [0.5, 0.6) is 0 Å². The van der Waals surface area contributed by atoms with Crippen LogP contribution in [-0.2, 0) is 20.1 Å². The van der Waals surface area contributed by atoms with E-state index in [9.17, 15) is 0 Å². The number of allylic oxidation sites excluding steroid dienone is 1. The Balaban J connectivity index is 0.000000853. The molecule has 0 aliphatic heterocycles. The van der Waals surface area contributed by atoms with Gasteiger partial charge in [-0.1, -0.05) is 51.9 Å². The van der Waals surface area contributed by atoms with E-state index in [0.29, 0.717) is 16.2 Å². The van der Waals surface area contributed by atoms with Gasteiger partial charge in [-0.2, -0.15) is 11.5 Å². The van der Waals surface area contributed by atoms with Crippen molar-refractivity contribution in [3.8, 4) is 0 Å². The van der Waals surface area contributed by atoms with Crippen molar-refractivity contribution in [2.24, 2.45) is 16.2 Å². The Kier molecular flexibility index (Phi) is 2.03. The van der Waals surface area contributed by atoms with Crippen LogP contribution in [0.25, 0.3) is 0 Å². The minimum atomic E-state index is 0. The van der Waals surface area contributed by atoms with Crippen LogP contribution >= 0.6 is 0 Å². The molecule has 3 aliphatic carbocycles. The molecule has 0 aromatic carbocycles. The van der Waals surface area contributed by atoms with Crippen molar-refractivity contribution < 1.29 is 20.1 Å². The average molecular weight is 380 g/mol. The maximum Gasteiger partial charge on any atom is 0 e. The average Bonchev–Trinajstić information content (AvgIpc) is 2.23. The van der Waals surface area contributed by atoms with E-state index in [0.717, 1.165) is 0 Å². The van der Waals surface area contributed by atoms with Gasteiger partial charge in [0, 0.05) is 20.1 Å². The summed E-state index contributed by atoms with van der Waals surface area (Å²) < 4.78 is 0. The fraction of sp³-hybridized carbons (Fsp3) is 0.714. The van der Waals surface area contributed by atoms with E-state index in [1.165, 1.54) is 18.4 Å². The fourth-order valence-electron chi connectivity index (χ4n) is 4.34. The van der Waals surface area contributed by atoms with E-state index in [1.807, 2.05) is 0 Å². The van der Waals surface area contributed by atoms with E-state index >= 15 is 0 Å². The molecule has 3 aliphatic rings. The molecule has 0 saturated heterocycles. The maximum atomic E-state index is 3.61. The summed E-state index contributed by atoms with van der Waals surface area (Å²) in [6.45, 7) is 11.9. The Morgan fingerprint density at radius 2 is 1.80 bits per heavy atom. The van der Waals surface area contributed by atoms with Gasteiger partial charge in [0.05, 0.1) is 0 Å². The van der Waals surface area contributed by atoms with Crippen LogP contribution in [0.2, 0.25) is 0 Å². The minimum Gasteiger partial charge on any atom is -0.347 e. The van der Waals surface area contributed by atoms with Gasteiger partial charge in [-0.3, -0.25) is 0 Å². The summed E-state index contributed by atoms with van der Waals surface area (Å²) in [7, 11) is 0. The van der Waals surface area contributed by atoms with E-state index in [1.54, 1.807) is 11.5 Å². The van der Waals surface area contributed by atoms with Crippen LogP contribution in [-0.4, -0.2) is 0 Å². The second kappa shape index (κ2) is 2.65. The topological polar surface area (TPSA) is 0 Å². The SMILES string of the molecule is CC1=C=C2CCC23[C-]1C(C)(C)C3(C)C.[Ir]. The summed E-state index contributed by atoms with van der Waals surface area (Å²) in [6, 6.07) is 0. The molecular formula is C14H19Ir-. The van der Waals surface area contributed by atoms with Gasteiger partial charge in [0.1, 0.15) is 0 Å². The predicted molar refractivity (Wildman–Crippen MR) is 58.7 cm³/mol. The summed E-state index contributed by atoms with van der Waals surface area (Å²) >= 11 is 0. The largest absolute Gasteiger partial charge is 0.347 e. The first kappa shape index (κ1) is 11.5. The van der Waals surface area contributed by atoms with E-state index in [2.05, 4.69) is 40.3 Å². The molecule has 0 N–H and O–H groups in total. The van der Waals surface area contributed by atoms with Crippen molar-refractivity contribution in [3.63, 3.8) is 0 Å². The summed E-state index contributed by atoms with van der Waals surface area (Å²) in [6.07, 6.45) is 2.67. The molecule has 0 heterocycles. The molecule has 1 spiro atoms. The third kappa shape index (κ3) is 0.813. The third-order valence-corrected chi connectivity index (χ3v) is 5.66. The van der Waals surface area contributed by atoms with Gasteiger partial charge in [-0.05, 0) is 11.8 Å². The van der Waals surface area contributed by atoms with Gasteiger partial charge < -0.3 is 5.73 Å². The number of hydrogen-bond acceptors (Lipinski definition) is 0. The second-order valence-corrected chi connectivity index (χ2v) is 6.26. The minimum absolute atomic E-state index is 0. The van der Waals surface area contributed by atoms with Gasteiger partial charge in [0.25, 0.3) is 0 Å². The van der Waals surface area contributed by atoms with Gasteiger partial charge in [-0.15, -0.1) is 5.57 Å². The van der Waals surface area contributed by atoms with Crippen LogP contribution < -0.4 is 0 Å². The zero-order valence-electron chi connectivity index (χ0n) is 10.2. The van der Waals surface area contributed by atoms with Gasteiger partial charge in [0.15, 0.2) is 0 Å². The van der Waals surface area contributed by atoms with Crippen molar-refractivity contribution >= 4 is 0 Å². The molecule has 15 heavy (non-hydrogen) atoms. The summed E-state index contributed by atoms with van der Waals surface area (Å²) in [5.41, 5.74) is 7.94. The Labute approximate surface area is 107 Å². The molecule has 2 saturated carbocycles. The molecule has 0 bridgehead atoms. The molecule has 3 rings (SSSR count). The first-order chi connectivity index (χ1) is 6.36. The van der Waals surface area contributed by atoms with Crippen LogP contribution in [0.15, 0.2) is 16.9 Å². The molecule has 0 aromatic heterocycles. The fourth-order valence-corrected chi connectivity index (χ4v) is 4.34. The van der Waals surface area contributed by atoms with E-state index in [4.69, 9.17) is 0 Å². The van der Waals surface area contributed by atoms with Crippen LogP contribution in [0.1, 0.15) is 47.5 Å². The zero-order chi connectivity index (χ0) is 10.4. The molecule has 1 radical (unpaired) electrons. The van der Waals surface area contributed by atoms with Crippen molar-refractivity contribution in [1.29, 1.82) is 0 Å². The van der Waals surface area contributed by atoms with E-state index < -0.39 is 0 Å². The monoisotopic (exact) mass is 380 g/mol. The van der Waals surface area contributed by atoms with Gasteiger partial charge in [-0.25, -0.2) is 0 Å². The quantitative estimate of drug-likeness (QED) is 0.442. The van der Waals surface area contributed by atoms with Crippen molar-refractivity contribution in [1.82, 2.24) is 0 Å². The number of hydrogen-bond donors (Lipinski definition) is 0. The smallest absolute Gasteiger partial charge is 0 e. The number of rotatable bonds is 0. The Morgan fingerprint density at radius 1 is 1.20 bits per heavy atom. The standard InChI is InChI=1S/C14H19.Ir/c1-9-8-10-6-7-14(10)11(9)12(2,3)13(14,4)5;/h6-7H2,1-5H3;/q-1;. The summed E-state index contributed by atoms with van der Waals surface area (Å²) in [4.78, 5) is 0. The van der Waals surface area contributed by atoms with E-state index in [-0.39, 0.29) is 20.1 Å². The first-order valence-electron chi connectivity index (χ1n) is 5.71. The molecule has 0 nitrogen and oxygen atoms in total. The van der Waals surface area contributed by atoms with Crippen molar-refractivity contribution in [2.45, 2.75) is 47.5 Å². The molecule has 2 fully saturated rings. The summed E-state index contributed by atoms with van der Waals surface area (Å²) in [5, 5.41) is 0. The molecule has 85 valence electrons. The van der Waals surface area contributed by atoms with Crippen LogP contribution in [0.3, 0.4) is 0 Å². The van der Waals surface area contributed by atoms with Gasteiger partial charge in [0.2, 0.25) is 0 Å². The van der Waals surface area contributed by atoms with Crippen LogP contribution in [0, 0.1) is 22.2 Å². The normalized spacial score (nSPS) is 37.5. The maximum absolute atomic E-state index is 3.61. The second-order valence-electron chi connectivity index (χ2n) is 6.26. The Bertz CT molecular complexity index is 394. The molecule has 1 atom stereocenters. The zero-order valence-corrected chi connectivity index (χ0v) is 12.6. The predicted octanol–water partition coefficient (Wildman–Crippen LogP) is 3.89.